The Morgan fingerprint density at radius 3 is 2.46 bits per heavy atom. The van der Waals surface area contributed by atoms with Crippen molar-refractivity contribution in [3.8, 4) is 0 Å². The van der Waals surface area contributed by atoms with Gasteiger partial charge in [-0.05, 0) is 23.6 Å². The Morgan fingerprint density at radius 1 is 1.21 bits per heavy atom. The molecule has 0 spiro atoms. The maximum absolute atomic E-state index is 13.1. The van der Waals surface area contributed by atoms with E-state index in [1.54, 1.807) is 0 Å². The summed E-state index contributed by atoms with van der Waals surface area (Å²) in [7, 11) is 0. The van der Waals surface area contributed by atoms with Crippen LogP contribution in [0, 0.1) is 5.92 Å². The molecule has 0 fully saturated rings. The van der Waals surface area contributed by atoms with Gasteiger partial charge in [0.25, 0.3) is 0 Å². The molecule has 24 heavy (non-hydrogen) atoms. The van der Waals surface area contributed by atoms with Crippen LogP contribution in [0.4, 0.5) is 26.3 Å². The molecule has 2 bridgehead atoms. The largest absolute Gasteiger partial charge is 0.412 e. The van der Waals surface area contributed by atoms with Crippen LogP contribution in [0.25, 0.3) is 0 Å². The molecule has 1 heterocycles. The molecule has 2 aliphatic rings. The lowest BCUT2D eigenvalue weighted by Gasteiger charge is -2.45. The number of pyridine rings is 1. The summed E-state index contributed by atoms with van der Waals surface area (Å²) in [5.41, 5.74) is 2.71. The zero-order valence-electron chi connectivity index (χ0n) is 12.1. The molecule has 1 aromatic heterocycles. The van der Waals surface area contributed by atoms with Gasteiger partial charge in [0.05, 0.1) is 5.54 Å². The Kier molecular flexibility index (Phi) is 3.49. The number of H-pyrrole nitrogens is 1. The lowest BCUT2D eigenvalue weighted by atomic mass is 9.63. The van der Waals surface area contributed by atoms with E-state index in [-0.39, 0.29) is 29.3 Å². The Morgan fingerprint density at radius 2 is 1.88 bits per heavy atom. The summed E-state index contributed by atoms with van der Waals surface area (Å²) in [5, 5.41) is 0. The molecule has 0 saturated heterocycles. The standard InChI is InChI=1S/C15H12F6N2O/c16-14(17,18)6-10-7-3-8(15(19,20)21)5-13(10,22)9-1-2-12(24)23-11(9)4-7/h1-3,6-7H,4-5,22H2,(H,23,24)/t7-,13-/m0/s1. The highest BCUT2D eigenvalue weighted by Gasteiger charge is 2.51. The van der Waals surface area contributed by atoms with Gasteiger partial charge in [-0.1, -0.05) is 6.08 Å². The first kappa shape index (κ1) is 16.8. The van der Waals surface area contributed by atoms with Crippen molar-refractivity contribution in [3.05, 3.63) is 57.0 Å². The van der Waals surface area contributed by atoms with Crippen molar-refractivity contribution in [1.82, 2.24) is 4.98 Å². The van der Waals surface area contributed by atoms with E-state index in [2.05, 4.69) is 4.98 Å². The highest BCUT2D eigenvalue weighted by Crippen LogP contribution is 2.51. The predicted octanol–water partition coefficient (Wildman–Crippen LogP) is 3.08. The fraction of sp³-hybridized carbons (Fsp3) is 0.400. The number of allylic oxidation sites excluding steroid dienone is 2. The smallest absolute Gasteiger partial charge is 0.326 e. The second-order valence-corrected chi connectivity index (χ2v) is 6.00. The molecule has 0 unspecified atom stereocenters. The van der Waals surface area contributed by atoms with Crippen LogP contribution in [0.3, 0.4) is 0 Å². The van der Waals surface area contributed by atoms with Gasteiger partial charge in [-0.2, -0.15) is 26.3 Å². The van der Waals surface area contributed by atoms with Gasteiger partial charge in [0, 0.05) is 35.7 Å². The average Bonchev–Trinajstić information content (AvgIpc) is 2.38. The fourth-order valence-electron chi connectivity index (χ4n) is 3.47. The van der Waals surface area contributed by atoms with E-state index in [1.165, 1.54) is 6.07 Å². The van der Waals surface area contributed by atoms with Crippen molar-refractivity contribution < 1.29 is 26.3 Å². The molecule has 0 aromatic carbocycles. The second-order valence-electron chi connectivity index (χ2n) is 6.00. The first-order chi connectivity index (χ1) is 10.9. The Bertz CT molecular complexity index is 801. The minimum Gasteiger partial charge on any atom is -0.326 e. The minimum atomic E-state index is -4.71. The van der Waals surface area contributed by atoms with Crippen molar-refractivity contribution in [2.75, 3.05) is 0 Å². The molecule has 0 aliphatic heterocycles. The number of nitrogens with two attached hydrogens (primary N) is 1. The maximum atomic E-state index is 13.1. The monoisotopic (exact) mass is 350 g/mol. The molecule has 3 nitrogen and oxygen atoms in total. The normalized spacial score (nSPS) is 28.5. The van der Waals surface area contributed by atoms with E-state index >= 15 is 0 Å². The number of alkyl halides is 6. The summed E-state index contributed by atoms with van der Waals surface area (Å²) in [4.78, 5) is 13.9. The van der Waals surface area contributed by atoms with E-state index in [9.17, 15) is 31.1 Å². The van der Waals surface area contributed by atoms with Crippen LogP contribution in [-0.4, -0.2) is 17.3 Å². The van der Waals surface area contributed by atoms with Gasteiger partial charge in [0.15, 0.2) is 0 Å². The molecule has 2 aliphatic carbocycles. The molecule has 0 radical (unpaired) electrons. The Hall–Kier alpha value is -2.03. The predicted molar refractivity (Wildman–Crippen MR) is 73.0 cm³/mol. The van der Waals surface area contributed by atoms with Gasteiger partial charge in [-0.3, -0.25) is 4.79 Å². The van der Waals surface area contributed by atoms with Crippen molar-refractivity contribution in [1.29, 1.82) is 0 Å². The van der Waals surface area contributed by atoms with Crippen LogP contribution in [-0.2, 0) is 12.0 Å². The van der Waals surface area contributed by atoms with Crippen LogP contribution in [0.1, 0.15) is 17.7 Å². The first-order valence-corrected chi connectivity index (χ1v) is 6.99. The Labute approximate surface area is 131 Å². The van der Waals surface area contributed by atoms with Crippen molar-refractivity contribution in [2.24, 2.45) is 11.7 Å². The summed E-state index contributed by atoms with van der Waals surface area (Å²) < 4.78 is 77.9. The molecular formula is C15H12F6N2O. The van der Waals surface area contributed by atoms with E-state index in [1.807, 2.05) is 0 Å². The van der Waals surface area contributed by atoms with Crippen molar-refractivity contribution in [2.45, 2.75) is 30.7 Å². The van der Waals surface area contributed by atoms with Crippen molar-refractivity contribution >= 4 is 0 Å². The van der Waals surface area contributed by atoms with Gasteiger partial charge in [-0.25, -0.2) is 0 Å². The van der Waals surface area contributed by atoms with Gasteiger partial charge in [0.1, 0.15) is 0 Å². The summed E-state index contributed by atoms with van der Waals surface area (Å²) in [6, 6.07) is 2.25. The zero-order valence-corrected chi connectivity index (χ0v) is 12.1. The third-order valence-corrected chi connectivity index (χ3v) is 4.37. The van der Waals surface area contributed by atoms with Gasteiger partial charge in [-0.15, -0.1) is 0 Å². The van der Waals surface area contributed by atoms with E-state index in [0.29, 0.717) is 0 Å². The fourth-order valence-corrected chi connectivity index (χ4v) is 3.47. The van der Waals surface area contributed by atoms with Crippen LogP contribution in [0.15, 0.2) is 40.2 Å². The third kappa shape index (κ3) is 2.77. The molecule has 1 aromatic rings. The van der Waals surface area contributed by atoms with Crippen LogP contribution >= 0.6 is 0 Å². The number of aromatic nitrogens is 1. The van der Waals surface area contributed by atoms with Crippen LogP contribution in [0.5, 0.6) is 0 Å². The van der Waals surface area contributed by atoms with Gasteiger partial charge < -0.3 is 10.7 Å². The number of halogens is 6. The quantitative estimate of drug-likeness (QED) is 0.558. The molecule has 0 amide bonds. The number of hydrogen-bond donors (Lipinski definition) is 2. The highest BCUT2D eigenvalue weighted by molar-refractivity contribution is 5.50. The molecule has 130 valence electrons. The lowest BCUT2D eigenvalue weighted by molar-refractivity contribution is -0.0974. The molecule has 9 heteroatoms. The summed E-state index contributed by atoms with van der Waals surface area (Å²) in [6.45, 7) is 0. The Balaban J connectivity index is 2.25. The topological polar surface area (TPSA) is 58.9 Å². The SMILES string of the molecule is N[C@@]12CC(C(F)(F)F)=C[C@@H](Cc3[nH]c(=O)ccc31)C2=CC(F)(F)F. The van der Waals surface area contributed by atoms with Gasteiger partial charge in [0.2, 0.25) is 5.56 Å². The summed E-state index contributed by atoms with van der Waals surface area (Å²) in [6.07, 6.45) is -9.61. The first-order valence-electron chi connectivity index (χ1n) is 6.99. The number of rotatable bonds is 0. The molecular weight excluding hydrogens is 338 g/mol. The zero-order chi connectivity index (χ0) is 17.9. The van der Waals surface area contributed by atoms with Crippen molar-refractivity contribution in [3.63, 3.8) is 0 Å². The van der Waals surface area contributed by atoms with E-state index in [4.69, 9.17) is 5.73 Å². The second kappa shape index (κ2) is 4.98. The average molecular weight is 350 g/mol. The summed E-state index contributed by atoms with van der Waals surface area (Å²) in [5.74, 6) is -1.17. The highest BCUT2D eigenvalue weighted by atomic mass is 19.4. The molecule has 3 rings (SSSR count). The number of fused-ring (bicyclic) bond motifs is 4. The van der Waals surface area contributed by atoms with Gasteiger partial charge >= 0.3 is 12.4 Å². The number of hydrogen-bond acceptors (Lipinski definition) is 2. The lowest BCUT2D eigenvalue weighted by Crippen LogP contribution is -2.50. The molecule has 3 N–H and O–H groups in total. The molecule has 2 atom stereocenters. The molecule has 0 saturated carbocycles. The third-order valence-electron chi connectivity index (χ3n) is 4.37. The maximum Gasteiger partial charge on any atom is 0.412 e. The van der Waals surface area contributed by atoms with Crippen LogP contribution < -0.4 is 11.3 Å². The summed E-state index contributed by atoms with van der Waals surface area (Å²) >= 11 is 0. The van der Waals surface area contributed by atoms with Crippen LogP contribution in [0.2, 0.25) is 0 Å². The minimum absolute atomic E-state index is 0.0185. The van der Waals surface area contributed by atoms with E-state index < -0.39 is 41.4 Å². The van der Waals surface area contributed by atoms with E-state index in [0.717, 1.165) is 12.1 Å². The number of aromatic amines is 1. The number of nitrogens with one attached hydrogen (secondary N) is 1.